The maximum Gasteiger partial charge on any atom is 0.250 e. The number of amides is 1. The van der Waals surface area contributed by atoms with Gasteiger partial charge in [-0.05, 0) is 55.9 Å². The van der Waals surface area contributed by atoms with Crippen LogP contribution < -0.4 is 10.6 Å². The van der Waals surface area contributed by atoms with Crippen LogP contribution >= 0.6 is 0 Å². The highest BCUT2D eigenvalue weighted by Gasteiger charge is 2.53. The number of nitrogens with two attached hydrogens (primary N) is 1. The highest BCUT2D eigenvalue weighted by molar-refractivity contribution is 5.93. The summed E-state index contributed by atoms with van der Waals surface area (Å²) in [7, 11) is 0. The van der Waals surface area contributed by atoms with Crippen LogP contribution in [0.1, 0.15) is 57.8 Å². The Balaban J connectivity index is 1.47. The van der Waals surface area contributed by atoms with Gasteiger partial charge in [-0.2, -0.15) is 0 Å². The first-order valence-electron chi connectivity index (χ1n) is 12.4. The van der Waals surface area contributed by atoms with E-state index in [2.05, 4.69) is 9.80 Å². The van der Waals surface area contributed by atoms with Crippen LogP contribution in [-0.4, -0.2) is 71.8 Å². The van der Waals surface area contributed by atoms with Crippen LogP contribution in [0, 0.1) is 11.7 Å². The second-order valence-electron chi connectivity index (χ2n) is 10.0. The van der Waals surface area contributed by atoms with E-state index in [1.165, 1.54) is 57.1 Å². The zero-order chi connectivity index (χ0) is 22.6. The summed E-state index contributed by atoms with van der Waals surface area (Å²) in [6.07, 6.45) is 10.2. The van der Waals surface area contributed by atoms with Gasteiger partial charge in [0.2, 0.25) is 5.91 Å². The SMILES string of the molecule is NCC(O)CN1CN(c2ccc(F)cc2)C2(CCN(CC3CCCCCCC3)CC2)C1=O. The van der Waals surface area contributed by atoms with E-state index in [1.54, 1.807) is 17.0 Å². The molecule has 1 aliphatic carbocycles. The number of rotatable bonds is 6. The summed E-state index contributed by atoms with van der Waals surface area (Å²) in [5.74, 6) is 0.561. The number of anilines is 1. The number of benzene rings is 1. The quantitative estimate of drug-likeness (QED) is 0.703. The predicted octanol–water partition coefficient (Wildman–Crippen LogP) is 2.95. The van der Waals surface area contributed by atoms with Crippen molar-refractivity contribution in [3.8, 4) is 0 Å². The molecule has 0 bridgehead atoms. The number of aliphatic hydroxyl groups excluding tert-OH is 1. The summed E-state index contributed by atoms with van der Waals surface area (Å²) in [6.45, 7) is 3.70. The second kappa shape index (κ2) is 10.5. The number of β-amino-alcohol motifs (C(OH)–C–C–N with tert-alkyl or cyclic N) is 1. The molecule has 0 aromatic heterocycles. The molecule has 1 atom stereocenters. The molecule has 4 rings (SSSR count). The van der Waals surface area contributed by atoms with Crippen molar-refractivity contribution in [2.24, 2.45) is 11.7 Å². The van der Waals surface area contributed by atoms with E-state index >= 15 is 0 Å². The van der Waals surface area contributed by atoms with Gasteiger partial charge in [-0.15, -0.1) is 0 Å². The first-order chi connectivity index (χ1) is 15.5. The molecule has 3 aliphatic rings. The molecule has 1 aromatic rings. The van der Waals surface area contributed by atoms with Crippen LogP contribution in [0.4, 0.5) is 10.1 Å². The lowest BCUT2D eigenvalue weighted by Gasteiger charge is -2.44. The smallest absolute Gasteiger partial charge is 0.250 e. The summed E-state index contributed by atoms with van der Waals surface area (Å²) in [5.41, 5.74) is 5.84. The van der Waals surface area contributed by atoms with Crippen LogP contribution in [-0.2, 0) is 4.79 Å². The van der Waals surface area contributed by atoms with Crippen molar-refractivity contribution in [1.29, 1.82) is 0 Å². The fourth-order valence-corrected chi connectivity index (χ4v) is 5.88. The van der Waals surface area contributed by atoms with E-state index in [9.17, 15) is 14.3 Å². The molecule has 2 aliphatic heterocycles. The average molecular weight is 447 g/mol. The highest BCUT2D eigenvalue weighted by Crippen LogP contribution is 2.40. The number of hydrogen-bond acceptors (Lipinski definition) is 5. The Morgan fingerprint density at radius 1 is 1.06 bits per heavy atom. The van der Waals surface area contributed by atoms with E-state index in [4.69, 9.17) is 5.73 Å². The number of carbonyl (C=O) groups excluding carboxylic acids is 1. The summed E-state index contributed by atoms with van der Waals surface area (Å²) in [6, 6.07) is 6.42. The molecule has 3 N–H and O–H groups in total. The van der Waals surface area contributed by atoms with Crippen molar-refractivity contribution in [3.63, 3.8) is 0 Å². The van der Waals surface area contributed by atoms with Gasteiger partial charge in [0.25, 0.3) is 0 Å². The van der Waals surface area contributed by atoms with Gasteiger partial charge in [0.1, 0.15) is 11.4 Å². The van der Waals surface area contributed by atoms with Crippen LogP contribution in [0.15, 0.2) is 24.3 Å². The van der Waals surface area contributed by atoms with Gasteiger partial charge < -0.3 is 25.5 Å². The number of aliphatic hydroxyl groups is 1. The summed E-state index contributed by atoms with van der Waals surface area (Å²) in [5, 5.41) is 10.1. The maximum absolute atomic E-state index is 13.6. The highest BCUT2D eigenvalue weighted by atomic mass is 19.1. The summed E-state index contributed by atoms with van der Waals surface area (Å²) < 4.78 is 13.6. The van der Waals surface area contributed by atoms with Gasteiger partial charge in [0, 0.05) is 38.4 Å². The first-order valence-corrected chi connectivity index (χ1v) is 12.4. The van der Waals surface area contributed by atoms with Gasteiger partial charge >= 0.3 is 0 Å². The molecule has 1 amide bonds. The van der Waals surface area contributed by atoms with Crippen molar-refractivity contribution in [3.05, 3.63) is 30.1 Å². The number of piperidine rings is 1. The molecular formula is C25H39FN4O2. The lowest BCUT2D eigenvalue weighted by atomic mass is 9.84. The number of nitrogens with zero attached hydrogens (tertiary/aromatic N) is 3. The van der Waals surface area contributed by atoms with E-state index in [0.29, 0.717) is 6.67 Å². The zero-order valence-electron chi connectivity index (χ0n) is 19.2. The Bertz CT molecular complexity index is 743. The van der Waals surface area contributed by atoms with Gasteiger partial charge in [-0.25, -0.2) is 4.39 Å². The number of hydrogen-bond donors (Lipinski definition) is 2. The summed E-state index contributed by atoms with van der Waals surface area (Å²) >= 11 is 0. The molecule has 2 heterocycles. The predicted molar refractivity (Wildman–Crippen MR) is 125 cm³/mol. The zero-order valence-corrected chi connectivity index (χ0v) is 19.2. The second-order valence-corrected chi connectivity index (χ2v) is 10.0. The molecule has 7 heteroatoms. The van der Waals surface area contributed by atoms with Gasteiger partial charge in [-0.3, -0.25) is 4.79 Å². The molecule has 3 fully saturated rings. The first kappa shape index (κ1) is 23.5. The molecule has 1 unspecified atom stereocenters. The van der Waals surface area contributed by atoms with Crippen molar-refractivity contribution < 1.29 is 14.3 Å². The van der Waals surface area contributed by atoms with Gasteiger partial charge in [-0.1, -0.05) is 32.1 Å². The standard InChI is InChI=1S/C25H39FN4O2/c26-21-8-10-22(11-9-21)30-19-29(18-23(31)16-27)24(32)25(30)12-14-28(15-13-25)17-20-6-4-2-1-3-5-7-20/h8-11,20,23,31H,1-7,12-19,27H2. The minimum atomic E-state index is -0.733. The molecule has 0 radical (unpaired) electrons. The third-order valence-electron chi connectivity index (χ3n) is 7.78. The largest absolute Gasteiger partial charge is 0.390 e. The molecule has 32 heavy (non-hydrogen) atoms. The van der Waals surface area contributed by atoms with E-state index in [-0.39, 0.29) is 24.8 Å². The third kappa shape index (κ3) is 5.10. The normalized spacial score (nSPS) is 24.0. The van der Waals surface area contributed by atoms with E-state index in [1.807, 2.05) is 0 Å². The van der Waals surface area contributed by atoms with Crippen LogP contribution in [0.3, 0.4) is 0 Å². The van der Waals surface area contributed by atoms with Crippen molar-refractivity contribution in [2.45, 2.75) is 69.4 Å². The van der Waals surface area contributed by atoms with Gasteiger partial charge in [0.15, 0.2) is 0 Å². The fraction of sp³-hybridized carbons (Fsp3) is 0.720. The van der Waals surface area contributed by atoms with Crippen molar-refractivity contribution >= 4 is 11.6 Å². The van der Waals surface area contributed by atoms with Crippen molar-refractivity contribution in [2.75, 3.05) is 44.3 Å². The van der Waals surface area contributed by atoms with E-state index in [0.717, 1.165) is 44.1 Å². The molecule has 1 spiro atoms. The van der Waals surface area contributed by atoms with E-state index < -0.39 is 11.6 Å². The topological polar surface area (TPSA) is 73.0 Å². The Kier molecular flexibility index (Phi) is 7.69. The fourth-order valence-electron chi connectivity index (χ4n) is 5.88. The Labute approximate surface area is 191 Å². The average Bonchev–Trinajstić information content (AvgIpc) is 3.03. The van der Waals surface area contributed by atoms with Crippen molar-refractivity contribution in [1.82, 2.24) is 9.80 Å². The lowest BCUT2D eigenvalue weighted by Crippen LogP contribution is -2.57. The molecule has 2 saturated heterocycles. The maximum atomic E-state index is 13.6. The molecule has 6 nitrogen and oxygen atoms in total. The molecule has 178 valence electrons. The Morgan fingerprint density at radius 3 is 2.31 bits per heavy atom. The molecular weight excluding hydrogens is 407 g/mol. The Hall–Kier alpha value is -1.70. The number of carbonyl (C=O) groups is 1. The number of likely N-dealkylation sites (tertiary alicyclic amines) is 1. The lowest BCUT2D eigenvalue weighted by molar-refractivity contribution is -0.134. The minimum absolute atomic E-state index is 0.0694. The molecule has 1 aromatic carbocycles. The molecule has 1 saturated carbocycles. The Morgan fingerprint density at radius 2 is 1.69 bits per heavy atom. The van der Waals surface area contributed by atoms with Gasteiger partial charge in [0.05, 0.1) is 12.8 Å². The summed E-state index contributed by atoms with van der Waals surface area (Å²) in [4.78, 5) is 20.0. The van der Waals surface area contributed by atoms with Crippen LogP contribution in [0.25, 0.3) is 0 Å². The van der Waals surface area contributed by atoms with Crippen LogP contribution in [0.2, 0.25) is 0 Å². The third-order valence-corrected chi connectivity index (χ3v) is 7.78. The minimum Gasteiger partial charge on any atom is -0.390 e. The van der Waals surface area contributed by atoms with Crippen LogP contribution in [0.5, 0.6) is 0 Å². The monoisotopic (exact) mass is 446 g/mol. The number of halogens is 1.